The summed E-state index contributed by atoms with van der Waals surface area (Å²) < 4.78 is 20.4. The summed E-state index contributed by atoms with van der Waals surface area (Å²) in [5, 5.41) is 5.00. The minimum atomic E-state index is -0.252. The minimum Gasteiger partial charge on any atom is -0.490 e. The van der Waals surface area contributed by atoms with Gasteiger partial charge in [0.1, 0.15) is 5.82 Å². The van der Waals surface area contributed by atoms with Gasteiger partial charge in [0.2, 0.25) is 0 Å². The van der Waals surface area contributed by atoms with Crippen molar-refractivity contribution < 1.29 is 19.0 Å². The van der Waals surface area contributed by atoms with Crippen molar-refractivity contribution in [1.29, 1.82) is 0 Å². The second-order valence-electron chi connectivity index (χ2n) is 8.44. The number of carbonyl (C=O) groups excluding carboxylic acids is 1. The van der Waals surface area contributed by atoms with Crippen LogP contribution in [0.5, 0.6) is 11.5 Å². The lowest BCUT2D eigenvalue weighted by molar-refractivity contribution is -0.137. The monoisotopic (exact) mass is 712 g/mol. The molecule has 2 heterocycles. The van der Waals surface area contributed by atoms with Gasteiger partial charge in [-0.3, -0.25) is 9.59 Å². The van der Waals surface area contributed by atoms with E-state index in [1.54, 1.807) is 23.2 Å². The zero-order chi connectivity index (χ0) is 27.2. The fourth-order valence-electron chi connectivity index (χ4n) is 3.95. The van der Waals surface area contributed by atoms with Crippen molar-refractivity contribution >= 4 is 70.8 Å². The third kappa shape index (κ3) is 6.47. The number of halogens is 3. The maximum atomic E-state index is 13.3. The van der Waals surface area contributed by atoms with E-state index in [9.17, 15) is 9.59 Å². The van der Waals surface area contributed by atoms with Gasteiger partial charge in [0.15, 0.2) is 18.1 Å². The lowest BCUT2D eigenvalue weighted by Gasteiger charge is -2.27. The van der Waals surface area contributed by atoms with Crippen LogP contribution in [-0.4, -0.2) is 66.2 Å². The molecule has 4 rings (SSSR count). The number of benzene rings is 2. The number of amides is 1. The van der Waals surface area contributed by atoms with Gasteiger partial charge in [-0.25, -0.2) is 4.98 Å². The number of carbonyl (C=O) groups is 1. The predicted molar refractivity (Wildman–Crippen MR) is 157 cm³/mol. The first-order valence-corrected chi connectivity index (χ1v) is 14.6. The Bertz CT molecular complexity index is 1420. The minimum absolute atomic E-state index is 0.123. The summed E-state index contributed by atoms with van der Waals surface area (Å²) in [4.78, 5) is 32.3. The molecule has 1 saturated heterocycles. The number of aromatic nitrogens is 2. The third-order valence-electron chi connectivity index (χ3n) is 5.82. The van der Waals surface area contributed by atoms with E-state index in [4.69, 9.17) is 14.2 Å². The van der Waals surface area contributed by atoms with Crippen molar-refractivity contribution in [2.24, 2.45) is 5.10 Å². The highest BCUT2D eigenvalue weighted by atomic mass is 79.9. The topological polar surface area (TPSA) is 95.2 Å². The molecule has 3 aromatic rings. The van der Waals surface area contributed by atoms with Crippen molar-refractivity contribution in [2.45, 2.75) is 26.7 Å². The first-order valence-electron chi connectivity index (χ1n) is 12.2. The Morgan fingerprint density at radius 1 is 1.13 bits per heavy atom. The molecule has 0 spiro atoms. The number of nitrogens with zero attached hydrogens (tertiary/aromatic N) is 4. The summed E-state index contributed by atoms with van der Waals surface area (Å²) in [6.45, 7) is 6.27. The van der Waals surface area contributed by atoms with Crippen LogP contribution in [-0.2, 0) is 16.0 Å². The SMILES string of the molecule is CCCc1nc2ccc(Br)cc2c(=O)n1N=Cc1cc(OCC)c(OCC(=O)N2CCOCC2)c(Br)c1Br. The van der Waals surface area contributed by atoms with Crippen LogP contribution in [0.2, 0.25) is 0 Å². The van der Waals surface area contributed by atoms with E-state index < -0.39 is 0 Å². The molecule has 38 heavy (non-hydrogen) atoms. The number of fused-ring (bicyclic) bond motifs is 1. The Hall–Kier alpha value is -2.28. The first-order chi connectivity index (χ1) is 18.3. The molecule has 2 aromatic carbocycles. The first kappa shape index (κ1) is 28.7. The Labute approximate surface area is 245 Å². The Morgan fingerprint density at radius 3 is 2.61 bits per heavy atom. The molecule has 9 nitrogen and oxygen atoms in total. The van der Waals surface area contributed by atoms with Gasteiger partial charge >= 0.3 is 0 Å². The van der Waals surface area contributed by atoms with Crippen LogP contribution in [0.25, 0.3) is 10.9 Å². The fraction of sp³-hybridized carbons (Fsp3) is 0.385. The summed E-state index contributed by atoms with van der Waals surface area (Å²) in [6.07, 6.45) is 2.98. The highest BCUT2D eigenvalue weighted by Gasteiger charge is 2.21. The lowest BCUT2D eigenvalue weighted by Crippen LogP contribution is -2.43. The van der Waals surface area contributed by atoms with Crippen molar-refractivity contribution in [3.05, 3.63) is 59.4 Å². The largest absolute Gasteiger partial charge is 0.490 e. The van der Waals surface area contributed by atoms with Crippen molar-refractivity contribution in [2.75, 3.05) is 39.5 Å². The van der Waals surface area contributed by atoms with Crippen LogP contribution in [0.3, 0.4) is 0 Å². The highest BCUT2D eigenvalue weighted by molar-refractivity contribution is 9.13. The molecular weight excluding hydrogens is 688 g/mol. The number of ether oxygens (including phenoxy) is 3. The molecule has 1 amide bonds. The van der Waals surface area contributed by atoms with Gasteiger partial charge in [-0.15, -0.1) is 0 Å². The van der Waals surface area contributed by atoms with E-state index in [1.165, 1.54) is 4.68 Å². The van der Waals surface area contributed by atoms with Gasteiger partial charge in [0.05, 0.1) is 41.4 Å². The van der Waals surface area contributed by atoms with Crippen LogP contribution in [0.1, 0.15) is 31.7 Å². The summed E-state index contributed by atoms with van der Waals surface area (Å²) >= 11 is 10.6. The summed E-state index contributed by atoms with van der Waals surface area (Å²) in [7, 11) is 0. The molecular formula is C26H27Br3N4O5. The Kier molecular flexibility index (Phi) is 9.97. The number of morpholine rings is 1. The van der Waals surface area contributed by atoms with Crippen LogP contribution in [0, 0.1) is 0 Å². The molecule has 1 aliphatic rings. The predicted octanol–water partition coefficient (Wildman–Crippen LogP) is 5.16. The highest BCUT2D eigenvalue weighted by Crippen LogP contribution is 2.42. The van der Waals surface area contributed by atoms with E-state index in [2.05, 4.69) is 57.9 Å². The van der Waals surface area contributed by atoms with E-state index in [0.717, 1.165) is 10.9 Å². The second-order valence-corrected chi connectivity index (χ2v) is 10.9. The van der Waals surface area contributed by atoms with Gasteiger partial charge < -0.3 is 19.1 Å². The molecule has 0 atom stereocenters. The molecule has 0 saturated carbocycles. The van der Waals surface area contributed by atoms with E-state index in [1.807, 2.05) is 26.0 Å². The van der Waals surface area contributed by atoms with E-state index in [-0.39, 0.29) is 18.1 Å². The molecule has 1 fully saturated rings. The number of hydrogen-bond donors (Lipinski definition) is 0. The average molecular weight is 715 g/mol. The maximum absolute atomic E-state index is 13.3. The molecule has 1 aromatic heterocycles. The van der Waals surface area contributed by atoms with E-state index in [0.29, 0.717) is 82.1 Å². The number of aryl methyl sites for hydroxylation is 1. The number of rotatable bonds is 9. The maximum Gasteiger partial charge on any atom is 0.282 e. The molecule has 0 N–H and O–H groups in total. The normalized spacial score (nSPS) is 13.9. The van der Waals surface area contributed by atoms with Crippen LogP contribution in [0.4, 0.5) is 0 Å². The van der Waals surface area contributed by atoms with Crippen LogP contribution in [0.15, 0.2) is 47.6 Å². The Balaban J connectivity index is 1.67. The van der Waals surface area contributed by atoms with E-state index >= 15 is 0 Å². The van der Waals surface area contributed by atoms with Crippen LogP contribution >= 0.6 is 47.8 Å². The average Bonchev–Trinajstić information content (AvgIpc) is 2.92. The molecule has 0 bridgehead atoms. The van der Waals surface area contributed by atoms with Crippen molar-refractivity contribution in [3.63, 3.8) is 0 Å². The van der Waals surface area contributed by atoms with Crippen molar-refractivity contribution in [1.82, 2.24) is 14.6 Å². The van der Waals surface area contributed by atoms with Gasteiger partial charge in [0.25, 0.3) is 11.5 Å². The van der Waals surface area contributed by atoms with Gasteiger partial charge in [-0.05, 0) is 69.5 Å². The molecule has 0 unspecified atom stereocenters. The zero-order valence-corrected chi connectivity index (χ0v) is 25.8. The third-order valence-corrected chi connectivity index (χ3v) is 8.46. The van der Waals surface area contributed by atoms with Gasteiger partial charge in [-0.1, -0.05) is 22.9 Å². The fourth-order valence-corrected chi connectivity index (χ4v) is 5.25. The molecule has 0 aliphatic carbocycles. The van der Waals surface area contributed by atoms with Gasteiger partial charge in [0, 0.05) is 34.0 Å². The smallest absolute Gasteiger partial charge is 0.282 e. The van der Waals surface area contributed by atoms with Gasteiger partial charge in [-0.2, -0.15) is 9.78 Å². The quantitative estimate of drug-likeness (QED) is 0.285. The standard InChI is InChI=1S/C26H27Br3N4O5/c1-3-5-21-31-19-7-6-17(27)13-18(19)26(35)33(21)30-14-16-12-20(37-4-2)25(24(29)23(16)28)38-15-22(34)32-8-10-36-11-9-32/h6-7,12-14H,3-5,8-11,15H2,1-2H3. The molecule has 0 radical (unpaired) electrons. The summed E-state index contributed by atoms with van der Waals surface area (Å²) in [5.74, 6) is 1.30. The summed E-state index contributed by atoms with van der Waals surface area (Å²) in [6, 6.07) is 7.18. The molecule has 1 aliphatic heterocycles. The lowest BCUT2D eigenvalue weighted by atomic mass is 10.2. The Morgan fingerprint density at radius 2 is 1.89 bits per heavy atom. The van der Waals surface area contributed by atoms with Crippen LogP contribution < -0.4 is 15.0 Å². The second kappa shape index (κ2) is 13.2. The molecule has 12 heteroatoms. The van der Waals surface area contributed by atoms with Crippen molar-refractivity contribution in [3.8, 4) is 11.5 Å². The summed E-state index contributed by atoms with van der Waals surface area (Å²) in [5.41, 5.74) is 1.03. The zero-order valence-electron chi connectivity index (χ0n) is 21.0. The number of hydrogen-bond acceptors (Lipinski definition) is 7. The molecule has 202 valence electrons.